The first-order chi connectivity index (χ1) is 9.29. The van der Waals surface area contributed by atoms with Crippen molar-refractivity contribution in [2.24, 2.45) is 0 Å². The van der Waals surface area contributed by atoms with Crippen molar-refractivity contribution in [3.63, 3.8) is 0 Å². The zero-order chi connectivity index (χ0) is 13.2. The third kappa shape index (κ3) is 2.24. The quantitative estimate of drug-likeness (QED) is 0.839. The summed E-state index contributed by atoms with van der Waals surface area (Å²) < 4.78 is 5.48. The standard InChI is InChI=1S/C15H19N3O/c1-19-12-3-2-8-18(10-12)14-5-4-11-9-17-7-6-13(11)15(14)16/h4-7,9,12H,2-3,8,10,16H2,1H3. The third-order valence-corrected chi connectivity index (χ3v) is 3.89. The van der Waals surface area contributed by atoms with Crippen LogP contribution in [0.3, 0.4) is 0 Å². The van der Waals surface area contributed by atoms with Crippen LogP contribution in [0.4, 0.5) is 11.4 Å². The number of ether oxygens (including phenoxy) is 1. The van der Waals surface area contributed by atoms with E-state index in [0.717, 1.165) is 48.1 Å². The number of nitrogens with two attached hydrogens (primary N) is 1. The second kappa shape index (κ2) is 5.05. The van der Waals surface area contributed by atoms with Crippen LogP contribution in [0, 0.1) is 0 Å². The Morgan fingerprint density at radius 2 is 2.26 bits per heavy atom. The predicted octanol–water partition coefficient (Wildman–Crippen LogP) is 2.43. The number of piperidine rings is 1. The number of anilines is 2. The molecule has 0 bridgehead atoms. The molecule has 1 atom stereocenters. The highest BCUT2D eigenvalue weighted by molar-refractivity contribution is 5.98. The van der Waals surface area contributed by atoms with E-state index in [1.165, 1.54) is 0 Å². The molecule has 1 unspecified atom stereocenters. The Hall–Kier alpha value is -1.81. The first kappa shape index (κ1) is 12.2. The number of aromatic nitrogens is 1. The first-order valence-corrected chi connectivity index (χ1v) is 6.69. The van der Waals surface area contributed by atoms with Crippen LogP contribution in [0.1, 0.15) is 12.8 Å². The Morgan fingerprint density at radius 3 is 3.11 bits per heavy atom. The van der Waals surface area contributed by atoms with Gasteiger partial charge in [-0.1, -0.05) is 6.07 Å². The van der Waals surface area contributed by atoms with E-state index >= 15 is 0 Å². The van der Waals surface area contributed by atoms with Gasteiger partial charge in [-0.3, -0.25) is 4.98 Å². The third-order valence-electron chi connectivity index (χ3n) is 3.89. The summed E-state index contributed by atoms with van der Waals surface area (Å²) >= 11 is 0. The predicted molar refractivity (Wildman–Crippen MR) is 78.4 cm³/mol. The normalized spacial score (nSPS) is 19.8. The molecule has 0 saturated carbocycles. The molecule has 0 radical (unpaired) electrons. The fourth-order valence-electron chi connectivity index (χ4n) is 2.81. The van der Waals surface area contributed by atoms with Gasteiger partial charge >= 0.3 is 0 Å². The minimum absolute atomic E-state index is 0.307. The van der Waals surface area contributed by atoms with E-state index in [2.05, 4.69) is 22.0 Å². The lowest BCUT2D eigenvalue weighted by Gasteiger charge is -2.34. The van der Waals surface area contributed by atoms with Gasteiger partial charge < -0.3 is 15.4 Å². The average Bonchev–Trinajstić information content (AvgIpc) is 2.48. The molecule has 4 heteroatoms. The van der Waals surface area contributed by atoms with Crippen molar-refractivity contribution in [2.45, 2.75) is 18.9 Å². The van der Waals surface area contributed by atoms with E-state index in [-0.39, 0.29) is 0 Å². The fraction of sp³-hybridized carbons (Fsp3) is 0.400. The van der Waals surface area contributed by atoms with Crippen molar-refractivity contribution in [1.82, 2.24) is 4.98 Å². The van der Waals surface area contributed by atoms with E-state index in [1.54, 1.807) is 13.3 Å². The summed E-state index contributed by atoms with van der Waals surface area (Å²) in [7, 11) is 1.78. The van der Waals surface area contributed by atoms with Gasteiger partial charge in [-0.2, -0.15) is 0 Å². The molecular formula is C15H19N3O. The zero-order valence-corrected chi connectivity index (χ0v) is 11.2. The Morgan fingerprint density at radius 1 is 1.37 bits per heavy atom. The van der Waals surface area contributed by atoms with Crippen LogP contribution in [0.25, 0.3) is 10.8 Å². The van der Waals surface area contributed by atoms with Crippen LogP contribution in [-0.2, 0) is 4.74 Å². The lowest BCUT2D eigenvalue weighted by atomic mass is 10.0. The minimum atomic E-state index is 0.307. The maximum atomic E-state index is 6.33. The number of nitrogen functional groups attached to an aromatic ring is 1. The molecule has 1 aliphatic rings. The van der Waals surface area contributed by atoms with Crippen molar-refractivity contribution < 1.29 is 4.74 Å². The molecule has 1 aromatic heterocycles. The number of benzene rings is 1. The molecule has 0 aliphatic carbocycles. The average molecular weight is 257 g/mol. The number of fused-ring (bicyclic) bond motifs is 1. The zero-order valence-electron chi connectivity index (χ0n) is 11.2. The van der Waals surface area contributed by atoms with E-state index in [0.29, 0.717) is 6.10 Å². The fourth-order valence-corrected chi connectivity index (χ4v) is 2.81. The number of pyridine rings is 1. The van der Waals surface area contributed by atoms with Crippen LogP contribution in [-0.4, -0.2) is 31.3 Å². The summed E-state index contributed by atoms with van der Waals surface area (Å²) in [4.78, 5) is 6.46. The molecule has 2 heterocycles. The molecule has 1 aliphatic heterocycles. The molecule has 1 saturated heterocycles. The summed E-state index contributed by atoms with van der Waals surface area (Å²) in [6.45, 7) is 1.96. The Kier molecular flexibility index (Phi) is 3.25. The molecular weight excluding hydrogens is 238 g/mol. The van der Waals surface area contributed by atoms with Crippen LogP contribution in [0.15, 0.2) is 30.6 Å². The maximum Gasteiger partial charge on any atom is 0.0746 e. The van der Waals surface area contributed by atoms with Crippen LogP contribution < -0.4 is 10.6 Å². The van der Waals surface area contributed by atoms with Gasteiger partial charge in [0.1, 0.15) is 0 Å². The second-order valence-corrected chi connectivity index (χ2v) is 5.04. The largest absolute Gasteiger partial charge is 0.397 e. The van der Waals surface area contributed by atoms with E-state index < -0.39 is 0 Å². The number of nitrogens with zero attached hydrogens (tertiary/aromatic N) is 2. The summed E-state index contributed by atoms with van der Waals surface area (Å²) in [6, 6.07) is 6.16. The Bertz CT molecular complexity index is 585. The minimum Gasteiger partial charge on any atom is -0.397 e. The first-order valence-electron chi connectivity index (χ1n) is 6.69. The lowest BCUT2D eigenvalue weighted by molar-refractivity contribution is 0.0894. The van der Waals surface area contributed by atoms with Gasteiger partial charge in [0.05, 0.1) is 17.5 Å². The van der Waals surface area contributed by atoms with Crippen LogP contribution in [0.5, 0.6) is 0 Å². The highest BCUT2D eigenvalue weighted by Crippen LogP contribution is 2.32. The summed E-state index contributed by atoms with van der Waals surface area (Å²) in [5.41, 5.74) is 8.28. The number of hydrogen-bond acceptors (Lipinski definition) is 4. The van der Waals surface area contributed by atoms with Gasteiger partial charge in [0.2, 0.25) is 0 Å². The topological polar surface area (TPSA) is 51.4 Å². The molecule has 2 aromatic rings. The van der Waals surface area contributed by atoms with Crippen molar-refractivity contribution >= 4 is 22.1 Å². The maximum absolute atomic E-state index is 6.33. The SMILES string of the molecule is COC1CCCN(c2ccc3cnccc3c2N)C1. The summed E-state index contributed by atoms with van der Waals surface area (Å²) in [6.07, 6.45) is 6.22. The molecule has 100 valence electrons. The van der Waals surface area contributed by atoms with E-state index in [1.807, 2.05) is 12.3 Å². The van der Waals surface area contributed by atoms with Gasteiger partial charge in [0, 0.05) is 43.4 Å². The smallest absolute Gasteiger partial charge is 0.0746 e. The summed E-state index contributed by atoms with van der Waals surface area (Å²) in [5, 5.41) is 2.16. The molecule has 4 nitrogen and oxygen atoms in total. The van der Waals surface area contributed by atoms with Crippen molar-refractivity contribution in [3.8, 4) is 0 Å². The van der Waals surface area contributed by atoms with Crippen LogP contribution >= 0.6 is 0 Å². The van der Waals surface area contributed by atoms with Crippen molar-refractivity contribution in [3.05, 3.63) is 30.6 Å². The highest BCUT2D eigenvalue weighted by atomic mass is 16.5. The molecule has 0 spiro atoms. The molecule has 2 N–H and O–H groups in total. The monoisotopic (exact) mass is 257 g/mol. The highest BCUT2D eigenvalue weighted by Gasteiger charge is 2.21. The Balaban J connectivity index is 1.98. The van der Waals surface area contributed by atoms with Gasteiger partial charge in [0.15, 0.2) is 0 Å². The second-order valence-electron chi connectivity index (χ2n) is 5.04. The van der Waals surface area contributed by atoms with Crippen LogP contribution in [0.2, 0.25) is 0 Å². The van der Waals surface area contributed by atoms with Gasteiger partial charge in [-0.05, 0) is 25.0 Å². The van der Waals surface area contributed by atoms with Gasteiger partial charge in [-0.25, -0.2) is 0 Å². The van der Waals surface area contributed by atoms with Crippen molar-refractivity contribution in [2.75, 3.05) is 30.8 Å². The van der Waals surface area contributed by atoms with Crippen molar-refractivity contribution in [1.29, 1.82) is 0 Å². The van der Waals surface area contributed by atoms with Gasteiger partial charge in [0.25, 0.3) is 0 Å². The molecule has 3 rings (SSSR count). The number of methoxy groups -OCH3 is 1. The van der Waals surface area contributed by atoms with E-state index in [9.17, 15) is 0 Å². The number of rotatable bonds is 2. The van der Waals surface area contributed by atoms with E-state index in [4.69, 9.17) is 10.5 Å². The molecule has 1 fully saturated rings. The Labute approximate surface area is 113 Å². The lowest BCUT2D eigenvalue weighted by Crippen LogP contribution is -2.39. The van der Waals surface area contributed by atoms with Gasteiger partial charge in [-0.15, -0.1) is 0 Å². The molecule has 0 amide bonds. The molecule has 19 heavy (non-hydrogen) atoms. The number of hydrogen-bond donors (Lipinski definition) is 1. The summed E-state index contributed by atoms with van der Waals surface area (Å²) in [5.74, 6) is 0. The molecule has 1 aromatic carbocycles.